The number of pyridine rings is 3. The number of aromatic nitrogens is 6. The maximum absolute atomic E-state index is 12.1. The Morgan fingerprint density at radius 2 is 1.94 bits per heavy atom. The van der Waals surface area contributed by atoms with Gasteiger partial charge in [-0.05, 0) is 50.5 Å². The number of piperidine rings is 1. The zero-order valence-electron chi connectivity index (χ0n) is 18.1. The molecule has 0 saturated carbocycles. The molecule has 1 fully saturated rings. The Balaban J connectivity index is 1.52. The molecule has 1 aliphatic rings. The Bertz CT molecular complexity index is 1270. The van der Waals surface area contributed by atoms with Gasteiger partial charge >= 0.3 is 0 Å². The molecule has 0 radical (unpaired) electrons. The van der Waals surface area contributed by atoms with Crippen molar-refractivity contribution in [2.75, 3.05) is 13.1 Å². The van der Waals surface area contributed by atoms with Crippen LogP contribution in [0.1, 0.15) is 38.4 Å². The molecule has 1 saturated heterocycles. The molecule has 4 aromatic heterocycles. The van der Waals surface area contributed by atoms with Gasteiger partial charge in [-0.2, -0.15) is 0 Å². The number of carbonyl (C=O) groups is 1. The minimum atomic E-state index is -0.975. The van der Waals surface area contributed by atoms with Crippen molar-refractivity contribution in [2.24, 2.45) is 0 Å². The molecule has 4 aromatic rings. The summed E-state index contributed by atoms with van der Waals surface area (Å²) in [6, 6.07) is 8.08. The largest absolute Gasteiger partial charge is 0.384 e. The summed E-state index contributed by atoms with van der Waals surface area (Å²) in [7, 11) is 0. The van der Waals surface area contributed by atoms with E-state index in [-0.39, 0.29) is 11.9 Å². The van der Waals surface area contributed by atoms with Crippen LogP contribution in [0.25, 0.3) is 33.3 Å². The molecule has 1 N–H and O–H groups in total. The Morgan fingerprint density at radius 1 is 1.12 bits per heavy atom. The van der Waals surface area contributed by atoms with Crippen LogP contribution in [0.5, 0.6) is 0 Å². The molecule has 0 aliphatic carbocycles. The highest BCUT2D eigenvalue weighted by Crippen LogP contribution is 2.30. The molecule has 0 bridgehead atoms. The molecule has 0 spiro atoms. The molecule has 1 atom stereocenters. The fourth-order valence-electron chi connectivity index (χ4n) is 4.28. The first kappa shape index (κ1) is 20.4. The molecule has 1 amide bonds. The molecule has 5 rings (SSSR count). The number of aryl methyl sites for hydroxylation is 1. The van der Waals surface area contributed by atoms with Gasteiger partial charge in [-0.25, -0.2) is 9.67 Å². The number of carbonyl (C=O) groups excluding carboxylic acids is 1. The van der Waals surface area contributed by atoms with E-state index in [1.165, 1.54) is 6.92 Å². The summed E-state index contributed by atoms with van der Waals surface area (Å²) in [6.45, 7) is 4.74. The number of aliphatic hydroxyl groups excluding tert-OH is 1. The highest BCUT2D eigenvalue weighted by molar-refractivity contribution is 5.99. The zero-order valence-corrected chi connectivity index (χ0v) is 18.1. The van der Waals surface area contributed by atoms with Crippen LogP contribution in [-0.2, 0) is 11.2 Å². The predicted molar refractivity (Wildman–Crippen MR) is 120 cm³/mol. The van der Waals surface area contributed by atoms with Gasteiger partial charge in [0.05, 0.1) is 23.4 Å². The molecule has 5 heterocycles. The molecule has 1 aliphatic heterocycles. The van der Waals surface area contributed by atoms with Crippen molar-refractivity contribution < 1.29 is 9.90 Å². The van der Waals surface area contributed by atoms with Crippen molar-refractivity contribution in [2.45, 2.75) is 45.3 Å². The summed E-state index contributed by atoms with van der Waals surface area (Å²) in [5, 5.41) is 18.3. The van der Waals surface area contributed by atoms with E-state index in [1.54, 1.807) is 11.1 Å². The Hall–Kier alpha value is -3.46. The number of aliphatic hydroxyl groups is 1. The van der Waals surface area contributed by atoms with Gasteiger partial charge in [-0.15, -0.1) is 5.10 Å². The smallest absolute Gasteiger partial charge is 0.251 e. The summed E-state index contributed by atoms with van der Waals surface area (Å²) in [5.41, 5.74) is 5.91. The van der Waals surface area contributed by atoms with Gasteiger partial charge in [0.2, 0.25) is 0 Å². The fraction of sp³-hybridized carbons (Fsp3) is 0.391. The van der Waals surface area contributed by atoms with Gasteiger partial charge < -0.3 is 10.0 Å². The highest BCUT2D eigenvalue weighted by Gasteiger charge is 2.28. The summed E-state index contributed by atoms with van der Waals surface area (Å²) in [4.78, 5) is 27.7. The van der Waals surface area contributed by atoms with Crippen LogP contribution in [0.2, 0.25) is 0 Å². The van der Waals surface area contributed by atoms with Gasteiger partial charge in [0.25, 0.3) is 5.91 Å². The minimum Gasteiger partial charge on any atom is -0.384 e. The number of fused-ring (bicyclic) bond motifs is 3. The summed E-state index contributed by atoms with van der Waals surface area (Å²) in [6.07, 6.45) is 4.97. The van der Waals surface area contributed by atoms with Crippen molar-refractivity contribution in [1.82, 2.24) is 34.8 Å². The third-order valence-corrected chi connectivity index (χ3v) is 6.11. The first-order valence-electron chi connectivity index (χ1n) is 11.0. The van der Waals surface area contributed by atoms with E-state index in [9.17, 15) is 9.90 Å². The third kappa shape index (κ3) is 3.58. The Kier molecular flexibility index (Phi) is 5.26. The molecule has 0 aromatic carbocycles. The topological polar surface area (TPSA) is 110 Å². The van der Waals surface area contributed by atoms with Crippen LogP contribution in [0.15, 0.2) is 36.7 Å². The van der Waals surface area contributed by atoms with Crippen molar-refractivity contribution in [1.29, 1.82) is 0 Å². The molecule has 32 heavy (non-hydrogen) atoms. The zero-order chi connectivity index (χ0) is 22.2. The molecule has 9 heteroatoms. The SMILES string of the molecule is CCc1ccc(-c2ccc3ncc4nnn(C5CCN(C(=O)[C@H](C)O)CC5)c4c3n2)cn1. The lowest BCUT2D eigenvalue weighted by molar-refractivity contribution is -0.140. The lowest BCUT2D eigenvalue weighted by atomic mass is 10.0. The molecule has 9 nitrogen and oxygen atoms in total. The van der Waals surface area contributed by atoms with Crippen LogP contribution >= 0.6 is 0 Å². The summed E-state index contributed by atoms with van der Waals surface area (Å²) >= 11 is 0. The van der Waals surface area contributed by atoms with E-state index in [0.717, 1.165) is 52.8 Å². The van der Waals surface area contributed by atoms with E-state index in [0.29, 0.717) is 18.6 Å². The van der Waals surface area contributed by atoms with Crippen LogP contribution < -0.4 is 0 Å². The number of hydrogen-bond acceptors (Lipinski definition) is 7. The summed E-state index contributed by atoms with van der Waals surface area (Å²) in [5.74, 6) is -0.226. The molecule has 0 unspecified atom stereocenters. The van der Waals surface area contributed by atoms with Crippen molar-refractivity contribution in [3.05, 3.63) is 42.4 Å². The van der Waals surface area contributed by atoms with E-state index < -0.39 is 6.10 Å². The average molecular weight is 432 g/mol. The third-order valence-electron chi connectivity index (χ3n) is 6.11. The second-order valence-electron chi connectivity index (χ2n) is 8.21. The van der Waals surface area contributed by atoms with E-state index >= 15 is 0 Å². The monoisotopic (exact) mass is 431 g/mol. The Morgan fingerprint density at radius 3 is 2.62 bits per heavy atom. The van der Waals surface area contributed by atoms with Crippen molar-refractivity contribution in [3.63, 3.8) is 0 Å². The maximum Gasteiger partial charge on any atom is 0.251 e. The van der Waals surface area contributed by atoms with Gasteiger partial charge in [0, 0.05) is 30.5 Å². The lowest BCUT2D eigenvalue weighted by Crippen LogP contribution is -2.43. The van der Waals surface area contributed by atoms with E-state index in [2.05, 4.69) is 27.2 Å². The van der Waals surface area contributed by atoms with E-state index in [4.69, 9.17) is 4.98 Å². The van der Waals surface area contributed by atoms with Gasteiger partial charge in [-0.3, -0.25) is 14.8 Å². The van der Waals surface area contributed by atoms with Gasteiger partial charge in [0.1, 0.15) is 22.7 Å². The average Bonchev–Trinajstić information content (AvgIpc) is 3.28. The number of hydrogen-bond donors (Lipinski definition) is 1. The van der Waals surface area contributed by atoms with Crippen molar-refractivity contribution >= 4 is 28.0 Å². The van der Waals surface area contributed by atoms with Gasteiger partial charge in [0.15, 0.2) is 0 Å². The first-order valence-corrected chi connectivity index (χ1v) is 11.0. The second kappa shape index (κ2) is 8.23. The van der Waals surface area contributed by atoms with E-state index in [1.807, 2.05) is 35.1 Å². The number of rotatable bonds is 4. The normalized spacial score (nSPS) is 16.0. The first-order chi connectivity index (χ1) is 15.5. The number of likely N-dealkylation sites (tertiary alicyclic amines) is 1. The standard InChI is InChI=1S/C23H25N7O2/c1-3-16-5-4-15(12-24-16)18-6-7-19-21(26-18)22-20(13-25-19)27-28-30(22)17-8-10-29(11-9-17)23(32)14(2)31/h4-7,12-14,17,31H,3,8-11H2,1-2H3/t14-/m0/s1. The van der Waals surface area contributed by atoms with Crippen molar-refractivity contribution in [3.8, 4) is 11.3 Å². The Labute approximate surface area is 185 Å². The molecular formula is C23H25N7O2. The number of amides is 1. The minimum absolute atomic E-state index is 0.0969. The van der Waals surface area contributed by atoms with Crippen LogP contribution in [0, 0.1) is 0 Å². The quantitative estimate of drug-likeness (QED) is 0.529. The van der Waals surface area contributed by atoms with Crippen LogP contribution in [0.4, 0.5) is 0 Å². The van der Waals surface area contributed by atoms with Crippen LogP contribution in [-0.4, -0.2) is 65.1 Å². The fourth-order valence-corrected chi connectivity index (χ4v) is 4.28. The molecule has 164 valence electrons. The lowest BCUT2D eigenvalue weighted by Gasteiger charge is -2.32. The second-order valence-corrected chi connectivity index (χ2v) is 8.21. The predicted octanol–water partition coefficient (Wildman–Crippen LogP) is 2.54. The highest BCUT2D eigenvalue weighted by atomic mass is 16.3. The van der Waals surface area contributed by atoms with Gasteiger partial charge in [-0.1, -0.05) is 12.1 Å². The maximum atomic E-state index is 12.1. The molecular weight excluding hydrogens is 406 g/mol. The number of nitrogens with zero attached hydrogens (tertiary/aromatic N) is 7. The van der Waals surface area contributed by atoms with Crippen LogP contribution in [0.3, 0.4) is 0 Å². The summed E-state index contributed by atoms with van der Waals surface area (Å²) < 4.78 is 1.93.